The van der Waals surface area contributed by atoms with Crippen LogP contribution in [0.2, 0.25) is 5.02 Å². The van der Waals surface area contributed by atoms with Gasteiger partial charge in [0.05, 0.1) is 11.9 Å². The summed E-state index contributed by atoms with van der Waals surface area (Å²) in [6.07, 6.45) is 2.82. The normalized spacial score (nSPS) is 12.2. The first-order valence-corrected chi connectivity index (χ1v) is 14.6. The van der Waals surface area contributed by atoms with Crippen molar-refractivity contribution in [3.05, 3.63) is 64.2 Å². The molecule has 2 aromatic carbocycles. The van der Waals surface area contributed by atoms with Crippen molar-refractivity contribution in [2.75, 3.05) is 23.7 Å². The smallest absolute Gasteiger partial charge is 0.242 e. The number of carbonyl (C=O) groups excluding carboxylic acids is 2. The van der Waals surface area contributed by atoms with Crippen LogP contribution in [0.5, 0.6) is 0 Å². The summed E-state index contributed by atoms with van der Waals surface area (Å²) in [5.41, 5.74) is 3.24. The molecule has 198 valence electrons. The van der Waals surface area contributed by atoms with Crippen LogP contribution in [0.3, 0.4) is 0 Å². The highest BCUT2D eigenvalue weighted by atomic mass is 35.5. The van der Waals surface area contributed by atoms with Crippen molar-refractivity contribution in [1.82, 2.24) is 10.2 Å². The Morgan fingerprint density at radius 2 is 1.75 bits per heavy atom. The lowest BCUT2D eigenvalue weighted by Gasteiger charge is -2.31. The summed E-state index contributed by atoms with van der Waals surface area (Å²) >= 11 is 6.36. The number of hydrogen-bond donors (Lipinski definition) is 1. The minimum absolute atomic E-state index is 0.0961. The Hall–Kier alpha value is -2.58. The van der Waals surface area contributed by atoms with E-state index in [1.807, 2.05) is 58.0 Å². The molecule has 36 heavy (non-hydrogen) atoms. The van der Waals surface area contributed by atoms with E-state index in [1.165, 1.54) is 10.6 Å². The van der Waals surface area contributed by atoms with Crippen LogP contribution in [-0.4, -0.2) is 50.5 Å². The van der Waals surface area contributed by atoms with Gasteiger partial charge in [-0.2, -0.15) is 0 Å². The topological polar surface area (TPSA) is 86.8 Å². The zero-order valence-corrected chi connectivity index (χ0v) is 23.5. The summed E-state index contributed by atoms with van der Waals surface area (Å²) in [5, 5.41) is 3.42. The van der Waals surface area contributed by atoms with Crippen LogP contribution in [-0.2, 0) is 26.2 Å². The van der Waals surface area contributed by atoms with E-state index in [0.29, 0.717) is 30.1 Å². The van der Waals surface area contributed by atoms with E-state index in [1.54, 1.807) is 17.0 Å². The Kier molecular flexibility index (Phi) is 11.2. The molecule has 0 radical (unpaired) electrons. The van der Waals surface area contributed by atoms with E-state index in [2.05, 4.69) is 5.32 Å². The van der Waals surface area contributed by atoms with Crippen molar-refractivity contribution >= 4 is 39.1 Å². The molecule has 0 saturated heterocycles. The van der Waals surface area contributed by atoms with Crippen LogP contribution >= 0.6 is 11.6 Å². The molecule has 9 heteroatoms. The quantitative estimate of drug-likeness (QED) is 0.398. The maximum Gasteiger partial charge on any atom is 0.242 e. The molecule has 0 bridgehead atoms. The maximum atomic E-state index is 13.5. The Balaban J connectivity index is 2.25. The van der Waals surface area contributed by atoms with Crippen LogP contribution in [0.4, 0.5) is 5.69 Å². The fourth-order valence-corrected chi connectivity index (χ4v) is 5.30. The molecule has 0 heterocycles. The molecule has 0 saturated carbocycles. The van der Waals surface area contributed by atoms with Gasteiger partial charge in [0.25, 0.3) is 0 Å². The van der Waals surface area contributed by atoms with Crippen LogP contribution in [0, 0.1) is 13.8 Å². The number of aryl methyl sites for hydroxylation is 1. The van der Waals surface area contributed by atoms with Crippen molar-refractivity contribution in [3.8, 4) is 0 Å². The van der Waals surface area contributed by atoms with Gasteiger partial charge in [-0.25, -0.2) is 8.42 Å². The zero-order valence-electron chi connectivity index (χ0n) is 21.9. The molecule has 1 atom stereocenters. The number of nitrogens with zero attached hydrogens (tertiary/aromatic N) is 2. The van der Waals surface area contributed by atoms with Gasteiger partial charge in [-0.1, -0.05) is 55.8 Å². The number of carbonyl (C=O) groups is 2. The van der Waals surface area contributed by atoms with E-state index < -0.39 is 16.1 Å². The predicted molar refractivity (Wildman–Crippen MR) is 147 cm³/mol. The van der Waals surface area contributed by atoms with Crippen LogP contribution < -0.4 is 9.62 Å². The van der Waals surface area contributed by atoms with Crippen LogP contribution in [0.1, 0.15) is 56.2 Å². The lowest BCUT2D eigenvalue weighted by atomic mass is 10.1. The zero-order chi connectivity index (χ0) is 26.9. The third-order valence-corrected chi connectivity index (χ3v) is 7.78. The van der Waals surface area contributed by atoms with E-state index in [4.69, 9.17) is 11.6 Å². The van der Waals surface area contributed by atoms with Crippen LogP contribution in [0.15, 0.2) is 42.5 Å². The van der Waals surface area contributed by atoms with Gasteiger partial charge < -0.3 is 10.2 Å². The van der Waals surface area contributed by atoms with E-state index >= 15 is 0 Å². The van der Waals surface area contributed by atoms with E-state index in [-0.39, 0.29) is 31.3 Å². The second kappa shape index (κ2) is 13.7. The Labute approximate surface area is 220 Å². The van der Waals surface area contributed by atoms with Gasteiger partial charge in [0.15, 0.2) is 0 Å². The molecule has 0 aliphatic carbocycles. The van der Waals surface area contributed by atoms with Crippen molar-refractivity contribution < 1.29 is 18.0 Å². The van der Waals surface area contributed by atoms with Crippen molar-refractivity contribution in [2.24, 2.45) is 0 Å². The minimum Gasteiger partial charge on any atom is -0.354 e. The van der Waals surface area contributed by atoms with Gasteiger partial charge in [-0.3, -0.25) is 13.9 Å². The molecule has 0 aliphatic heterocycles. The maximum absolute atomic E-state index is 13.5. The molecule has 0 aromatic heterocycles. The molecule has 0 spiro atoms. The summed E-state index contributed by atoms with van der Waals surface area (Å²) in [6, 6.07) is 12.1. The number of benzene rings is 2. The molecule has 1 N–H and O–H groups in total. The number of anilines is 1. The van der Waals surface area contributed by atoms with E-state index in [0.717, 1.165) is 23.1 Å². The SMILES string of the molecule is CCCNC(=O)C(CC)N(Cc1ccccc1Cl)C(=O)CCCN(c1cccc(C)c1C)S(C)(=O)=O. The number of rotatable bonds is 13. The first-order valence-electron chi connectivity index (χ1n) is 12.4. The van der Waals surface area contributed by atoms with Crippen molar-refractivity contribution in [1.29, 1.82) is 0 Å². The lowest BCUT2D eigenvalue weighted by molar-refractivity contribution is -0.141. The van der Waals surface area contributed by atoms with Crippen molar-refractivity contribution in [2.45, 2.75) is 66.0 Å². The Morgan fingerprint density at radius 1 is 1.06 bits per heavy atom. The highest BCUT2D eigenvalue weighted by molar-refractivity contribution is 7.92. The largest absolute Gasteiger partial charge is 0.354 e. The Bertz CT molecular complexity index is 1150. The third kappa shape index (κ3) is 7.96. The van der Waals surface area contributed by atoms with Gasteiger partial charge in [0.1, 0.15) is 6.04 Å². The number of sulfonamides is 1. The predicted octanol–water partition coefficient (Wildman–Crippen LogP) is 4.84. The molecule has 0 fully saturated rings. The number of halogens is 1. The number of nitrogens with one attached hydrogen (secondary N) is 1. The van der Waals surface area contributed by atoms with Gasteiger partial charge in [-0.15, -0.1) is 0 Å². The standard InChI is InChI=1S/C27H38ClN3O4S/c1-6-17-29-27(33)24(7-2)30(19-22-13-8-9-14-23(22)28)26(32)16-11-18-31(36(5,34)35)25-15-10-12-20(3)21(25)4/h8-10,12-15,24H,6-7,11,16-19H2,1-5H3,(H,29,33). The molecule has 2 amide bonds. The highest BCUT2D eigenvalue weighted by Gasteiger charge is 2.29. The fourth-order valence-electron chi connectivity index (χ4n) is 4.08. The van der Waals surface area contributed by atoms with Crippen molar-refractivity contribution in [3.63, 3.8) is 0 Å². The average molecular weight is 536 g/mol. The first kappa shape index (κ1) is 29.6. The van der Waals surface area contributed by atoms with Gasteiger partial charge in [-0.05, 0) is 61.9 Å². The monoisotopic (exact) mass is 535 g/mol. The summed E-state index contributed by atoms with van der Waals surface area (Å²) in [7, 11) is -3.55. The van der Waals surface area contributed by atoms with Gasteiger partial charge in [0, 0.05) is 31.1 Å². The molecule has 2 aromatic rings. The Morgan fingerprint density at radius 3 is 2.36 bits per heavy atom. The highest BCUT2D eigenvalue weighted by Crippen LogP contribution is 2.26. The minimum atomic E-state index is -3.55. The third-order valence-electron chi connectivity index (χ3n) is 6.23. The summed E-state index contributed by atoms with van der Waals surface area (Å²) in [6.45, 7) is 8.55. The molecule has 7 nitrogen and oxygen atoms in total. The van der Waals surface area contributed by atoms with Gasteiger partial charge in [0.2, 0.25) is 21.8 Å². The summed E-state index contributed by atoms with van der Waals surface area (Å²) < 4.78 is 26.5. The molecule has 2 rings (SSSR count). The average Bonchev–Trinajstić information content (AvgIpc) is 2.82. The lowest BCUT2D eigenvalue weighted by Crippen LogP contribution is -2.49. The second-order valence-corrected chi connectivity index (χ2v) is 11.3. The second-order valence-electron chi connectivity index (χ2n) is 8.99. The number of amides is 2. The fraction of sp³-hybridized carbons (Fsp3) is 0.481. The van der Waals surface area contributed by atoms with Crippen LogP contribution in [0.25, 0.3) is 0 Å². The summed E-state index contributed by atoms with van der Waals surface area (Å²) in [4.78, 5) is 27.9. The summed E-state index contributed by atoms with van der Waals surface area (Å²) in [5.74, 6) is -0.421. The number of hydrogen-bond acceptors (Lipinski definition) is 4. The first-order chi connectivity index (χ1) is 17.0. The molecular formula is C27H38ClN3O4S. The molecular weight excluding hydrogens is 498 g/mol. The molecule has 0 aliphatic rings. The van der Waals surface area contributed by atoms with Gasteiger partial charge >= 0.3 is 0 Å². The molecule has 1 unspecified atom stereocenters. The van der Waals surface area contributed by atoms with E-state index in [9.17, 15) is 18.0 Å².